The van der Waals surface area contributed by atoms with Crippen LogP contribution in [0.2, 0.25) is 5.02 Å². The Balaban J connectivity index is 2.13. The minimum absolute atomic E-state index is 0.0442. The molecule has 1 aromatic rings. The molecule has 0 unspecified atom stereocenters. The van der Waals surface area contributed by atoms with Crippen LogP contribution in [0.3, 0.4) is 0 Å². The summed E-state index contributed by atoms with van der Waals surface area (Å²) >= 11 is 5.78. The van der Waals surface area contributed by atoms with Gasteiger partial charge in [-0.1, -0.05) is 18.5 Å². The van der Waals surface area contributed by atoms with Crippen LogP contribution in [0.4, 0.5) is 0 Å². The van der Waals surface area contributed by atoms with Crippen molar-refractivity contribution >= 4 is 37.4 Å². The highest BCUT2D eigenvalue weighted by molar-refractivity contribution is 7.91. The summed E-state index contributed by atoms with van der Waals surface area (Å²) in [4.78, 5) is 14.2. The summed E-state index contributed by atoms with van der Waals surface area (Å²) in [5.74, 6) is -0.398. The molecular formula is C16H23ClN2O5S2. The van der Waals surface area contributed by atoms with Gasteiger partial charge in [-0.3, -0.25) is 4.79 Å². The Labute approximate surface area is 159 Å². The average Bonchev–Trinajstić information content (AvgIpc) is 2.92. The zero-order chi connectivity index (χ0) is 19.5. The van der Waals surface area contributed by atoms with Gasteiger partial charge < -0.3 is 4.90 Å². The molecule has 1 amide bonds. The van der Waals surface area contributed by atoms with Gasteiger partial charge in [-0.15, -0.1) is 0 Å². The minimum atomic E-state index is -3.84. The normalized spacial score (nSPS) is 19.6. The van der Waals surface area contributed by atoms with Crippen molar-refractivity contribution in [2.45, 2.75) is 30.7 Å². The zero-order valence-electron chi connectivity index (χ0n) is 14.8. The van der Waals surface area contributed by atoms with Crippen molar-refractivity contribution < 1.29 is 21.6 Å². The smallest absolute Gasteiger partial charge is 0.243 e. The van der Waals surface area contributed by atoms with E-state index in [1.807, 2.05) is 6.92 Å². The van der Waals surface area contributed by atoms with Crippen molar-refractivity contribution in [1.82, 2.24) is 9.21 Å². The van der Waals surface area contributed by atoms with E-state index in [1.54, 1.807) is 0 Å². The van der Waals surface area contributed by atoms with Crippen LogP contribution in [0.15, 0.2) is 29.2 Å². The Kier molecular flexibility index (Phi) is 6.70. The molecular weight excluding hydrogens is 400 g/mol. The van der Waals surface area contributed by atoms with Crippen molar-refractivity contribution in [3.05, 3.63) is 29.3 Å². The quantitative estimate of drug-likeness (QED) is 0.662. The molecule has 2 rings (SSSR count). The van der Waals surface area contributed by atoms with Crippen LogP contribution in [0.1, 0.15) is 19.8 Å². The topological polar surface area (TPSA) is 91.8 Å². The third-order valence-corrected chi connectivity index (χ3v) is 8.13. The van der Waals surface area contributed by atoms with Gasteiger partial charge in [-0.2, -0.15) is 4.31 Å². The number of carbonyl (C=O) groups is 1. The lowest BCUT2D eigenvalue weighted by atomic mass is 10.2. The summed E-state index contributed by atoms with van der Waals surface area (Å²) in [6.07, 6.45) is 1.05. The lowest BCUT2D eigenvalue weighted by Gasteiger charge is -2.29. The van der Waals surface area contributed by atoms with Crippen molar-refractivity contribution in [2.75, 3.05) is 31.6 Å². The summed E-state index contributed by atoms with van der Waals surface area (Å²) in [6.45, 7) is 1.94. The molecule has 0 aromatic heterocycles. The van der Waals surface area contributed by atoms with Crippen molar-refractivity contribution in [3.8, 4) is 0 Å². The first kappa shape index (κ1) is 21.1. The van der Waals surface area contributed by atoms with Gasteiger partial charge in [0.25, 0.3) is 0 Å². The van der Waals surface area contributed by atoms with Crippen LogP contribution in [0, 0.1) is 0 Å². The van der Waals surface area contributed by atoms with E-state index in [1.165, 1.54) is 36.2 Å². The second-order valence-electron chi connectivity index (χ2n) is 6.36. The molecule has 0 saturated carbocycles. The van der Waals surface area contributed by atoms with Crippen molar-refractivity contribution in [1.29, 1.82) is 0 Å². The number of likely N-dealkylation sites (N-methyl/N-ethyl adjacent to an activating group) is 1. The molecule has 0 bridgehead atoms. The third kappa shape index (κ3) is 4.97. The third-order valence-electron chi connectivity index (χ3n) is 4.31. The van der Waals surface area contributed by atoms with E-state index in [2.05, 4.69) is 0 Å². The highest BCUT2D eigenvalue weighted by Gasteiger charge is 2.35. The Morgan fingerprint density at radius 1 is 1.27 bits per heavy atom. The lowest BCUT2D eigenvalue weighted by Crippen LogP contribution is -2.47. The molecule has 1 heterocycles. The van der Waals surface area contributed by atoms with E-state index in [0.29, 0.717) is 24.4 Å². The molecule has 0 aliphatic carbocycles. The van der Waals surface area contributed by atoms with E-state index in [4.69, 9.17) is 11.6 Å². The van der Waals surface area contributed by atoms with Crippen LogP contribution >= 0.6 is 11.6 Å². The number of rotatable bonds is 7. The molecule has 0 N–H and O–H groups in total. The van der Waals surface area contributed by atoms with Crippen LogP contribution in [0.5, 0.6) is 0 Å². The maximum Gasteiger partial charge on any atom is 0.243 e. The Morgan fingerprint density at radius 3 is 2.38 bits per heavy atom. The van der Waals surface area contributed by atoms with Gasteiger partial charge >= 0.3 is 0 Å². The molecule has 7 nitrogen and oxygen atoms in total. The lowest BCUT2D eigenvalue weighted by molar-refractivity contribution is -0.133. The molecule has 1 aliphatic heterocycles. The highest BCUT2D eigenvalue weighted by atomic mass is 35.5. The first-order valence-electron chi connectivity index (χ1n) is 8.28. The summed E-state index contributed by atoms with van der Waals surface area (Å²) in [7, 11) is -5.64. The molecule has 146 valence electrons. The van der Waals surface area contributed by atoms with Crippen LogP contribution in [-0.2, 0) is 24.7 Å². The van der Waals surface area contributed by atoms with Gasteiger partial charge in [0, 0.05) is 24.7 Å². The molecule has 0 spiro atoms. The number of amides is 1. The summed E-state index contributed by atoms with van der Waals surface area (Å²) < 4.78 is 49.6. The predicted molar refractivity (Wildman–Crippen MR) is 100 cm³/mol. The largest absolute Gasteiger partial charge is 0.338 e. The number of hydrogen-bond acceptors (Lipinski definition) is 5. The van der Waals surface area contributed by atoms with E-state index in [9.17, 15) is 21.6 Å². The van der Waals surface area contributed by atoms with E-state index < -0.39 is 25.8 Å². The number of nitrogens with zero attached hydrogens (tertiary/aromatic N) is 2. The Hall–Kier alpha value is -1.16. The molecule has 1 saturated heterocycles. The standard InChI is InChI=1S/C16H23ClN2O5S2/c1-3-9-19(14-8-10-25(21,22)12-14)16(20)11-18(2)26(23,24)15-6-4-13(17)5-7-15/h4-7,14H,3,8-12H2,1-2H3/t14-/m1/s1. The fourth-order valence-electron chi connectivity index (χ4n) is 2.93. The summed E-state index contributed by atoms with van der Waals surface area (Å²) in [5.41, 5.74) is 0. The van der Waals surface area contributed by atoms with E-state index >= 15 is 0 Å². The van der Waals surface area contributed by atoms with Crippen molar-refractivity contribution in [3.63, 3.8) is 0 Å². The summed E-state index contributed by atoms with van der Waals surface area (Å²) in [5, 5.41) is 0.416. The molecule has 1 atom stereocenters. The number of sulfone groups is 1. The average molecular weight is 423 g/mol. The van der Waals surface area contributed by atoms with E-state index in [-0.39, 0.29) is 29.0 Å². The molecule has 10 heteroatoms. The fourth-order valence-corrected chi connectivity index (χ4v) is 5.90. The highest BCUT2D eigenvalue weighted by Crippen LogP contribution is 2.20. The number of benzene rings is 1. The number of hydrogen-bond donors (Lipinski definition) is 0. The Bertz CT molecular complexity index is 853. The second kappa shape index (κ2) is 8.24. The van der Waals surface area contributed by atoms with Gasteiger partial charge in [0.1, 0.15) is 0 Å². The number of sulfonamides is 1. The van der Waals surface area contributed by atoms with Crippen LogP contribution < -0.4 is 0 Å². The first-order chi connectivity index (χ1) is 12.1. The van der Waals surface area contributed by atoms with E-state index in [0.717, 1.165) is 4.31 Å². The maximum absolute atomic E-state index is 12.7. The monoisotopic (exact) mass is 422 g/mol. The molecule has 0 radical (unpaired) electrons. The first-order valence-corrected chi connectivity index (χ1v) is 11.9. The van der Waals surface area contributed by atoms with Gasteiger partial charge in [0.05, 0.1) is 22.9 Å². The van der Waals surface area contributed by atoms with Crippen molar-refractivity contribution in [2.24, 2.45) is 0 Å². The maximum atomic E-state index is 12.7. The van der Waals surface area contributed by atoms with Crippen LogP contribution in [0.25, 0.3) is 0 Å². The van der Waals surface area contributed by atoms with Gasteiger partial charge in [0.15, 0.2) is 9.84 Å². The predicted octanol–water partition coefficient (Wildman–Crippen LogP) is 1.39. The molecule has 1 aliphatic rings. The van der Waals surface area contributed by atoms with Gasteiger partial charge in [-0.25, -0.2) is 16.8 Å². The van der Waals surface area contributed by atoms with Crippen LogP contribution in [-0.4, -0.2) is 69.6 Å². The SMILES string of the molecule is CCCN(C(=O)CN(C)S(=O)(=O)c1ccc(Cl)cc1)[C@@H]1CCS(=O)(=O)C1. The van der Waals surface area contributed by atoms with Gasteiger partial charge in [-0.05, 0) is 37.1 Å². The fraction of sp³-hybridized carbons (Fsp3) is 0.562. The summed E-state index contributed by atoms with van der Waals surface area (Å²) in [6, 6.07) is 5.31. The number of halogens is 1. The number of carbonyl (C=O) groups excluding carboxylic acids is 1. The molecule has 1 aromatic carbocycles. The zero-order valence-corrected chi connectivity index (χ0v) is 17.1. The molecule has 1 fully saturated rings. The second-order valence-corrected chi connectivity index (χ2v) is 11.1. The Morgan fingerprint density at radius 2 is 1.88 bits per heavy atom. The minimum Gasteiger partial charge on any atom is -0.338 e. The van der Waals surface area contributed by atoms with Gasteiger partial charge in [0.2, 0.25) is 15.9 Å². The molecule has 26 heavy (non-hydrogen) atoms.